The summed E-state index contributed by atoms with van der Waals surface area (Å²) in [6.45, 7) is 6.15. The van der Waals surface area contributed by atoms with E-state index in [1.165, 1.54) is 0 Å². The highest BCUT2D eigenvalue weighted by Crippen LogP contribution is 2.17. The molecule has 0 aromatic carbocycles. The Hall–Kier alpha value is -1.66. The van der Waals surface area contributed by atoms with Gasteiger partial charge in [0.05, 0.1) is 12.3 Å². The molecule has 6 heteroatoms. The van der Waals surface area contributed by atoms with Gasteiger partial charge in [-0.15, -0.1) is 0 Å². The van der Waals surface area contributed by atoms with E-state index in [-0.39, 0.29) is 6.61 Å². The van der Waals surface area contributed by atoms with Crippen LogP contribution in [0, 0.1) is 0 Å². The first kappa shape index (κ1) is 12.4. The lowest BCUT2D eigenvalue weighted by molar-refractivity contribution is 0.277. The highest BCUT2D eigenvalue weighted by atomic mass is 16.3. The minimum atomic E-state index is -0.0461. The molecule has 0 amide bonds. The van der Waals surface area contributed by atoms with E-state index in [0.29, 0.717) is 17.8 Å². The van der Waals surface area contributed by atoms with Gasteiger partial charge in [-0.1, -0.05) is 0 Å². The van der Waals surface area contributed by atoms with Crippen LogP contribution in [0.3, 0.4) is 0 Å². The molecule has 2 atom stereocenters. The Morgan fingerprint density at radius 3 is 2.79 bits per heavy atom. The molecular weight excluding hydrogens is 242 g/mol. The number of aliphatic hydroxyl groups is 1. The minimum Gasteiger partial charge on any atom is -0.390 e. The maximum atomic E-state index is 9.20. The standard InChI is InChI=1S/C13H19N5O/c1-9-5-17(6-10(2)15-9)13-14-4-3-12-16-11(8-19)7-18(12)13/h3-4,7,9-10,15,19H,5-6,8H2,1-2H3. The van der Waals surface area contributed by atoms with Crippen molar-refractivity contribution in [3.63, 3.8) is 0 Å². The Morgan fingerprint density at radius 2 is 2.11 bits per heavy atom. The van der Waals surface area contributed by atoms with Gasteiger partial charge in [0.2, 0.25) is 5.95 Å². The molecule has 2 unspecified atom stereocenters. The van der Waals surface area contributed by atoms with Gasteiger partial charge in [-0.05, 0) is 19.9 Å². The average molecular weight is 261 g/mol. The lowest BCUT2D eigenvalue weighted by Crippen LogP contribution is -2.54. The molecule has 1 fully saturated rings. The Labute approximate surface area is 112 Å². The predicted molar refractivity (Wildman–Crippen MR) is 73.2 cm³/mol. The van der Waals surface area contributed by atoms with Gasteiger partial charge in [0, 0.05) is 37.6 Å². The van der Waals surface area contributed by atoms with E-state index < -0.39 is 0 Å². The van der Waals surface area contributed by atoms with Gasteiger partial charge in [0.25, 0.3) is 0 Å². The van der Waals surface area contributed by atoms with Crippen LogP contribution >= 0.6 is 0 Å². The largest absolute Gasteiger partial charge is 0.390 e. The van der Waals surface area contributed by atoms with Crippen LogP contribution in [0.1, 0.15) is 19.5 Å². The number of imidazole rings is 1. The van der Waals surface area contributed by atoms with E-state index in [0.717, 1.165) is 24.7 Å². The number of rotatable bonds is 2. The number of nitrogens with zero attached hydrogens (tertiary/aromatic N) is 4. The number of aliphatic hydroxyl groups excluding tert-OH is 1. The summed E-state index contributed by atoms with van der Waals surface area (Å²) in [5.41, 5.74) is 1.50. The van der Waals surface area contributed by atoms with Crippen molar-refractivity contribution in [3.8, 4) is 0 Å². The average Bonchev–Trinajstić information content (AvgIpc) is 2.80. The van der Waals surface area contributed by atoms with Crippen LogP contribution in [0.4, 0.5) is 5.95 Å². The van der Waals surface area contributed by atoms with E-state index in [4.69, 9.17) is 0 Å². The summed E-state index contributed by atoms with van der Waals surface area (Å²) in [4.78, 5) is 11.1. The Kier molecular flexibility index (Phi) is 3.12. The molecule has 2 aromatic rings. The van der Waals surface area contributed by atoms with Crippen LogP contribution in [0.25, 0.3) is 5.65 Å². The van der Waals surface area contributed by atoms with Gasteiger partial charge in [-0.25, -0.2) is 9.97 Å². The van der Waals surface area contributed by atoms with Crippen LogP contribution in [0.2, 0.25) is 0 Å². The maximum absolute atomic E-state index is 9.20. The van der Waals surface area contributed by atoms with Crippen molar-refractivity contribution in [2.24, 2.45) is 0 Å². The smallest absolute Gasteiger partial charge is 0.211 e. The molecule has 102 valence electrons. The first-order chi connectivity index (χ1) is 9.17. The summed E-state index contributed by atoms with van der Waals surface area (Å²) in [5, 5.41) is 12.7. The second-order valence-electron chi connectivity index (χ2n) is 5.24. The Morgan fingerprint density at radius 1 is 1.37 bits per heavy atom. The molecule has 0 saturated carbocycles. The SMILES string of the molecule is CC1CN(c2nccc3nc(CO)cn23)CC(C)N1. The number of hydrogen-bond donors (Lipinski definition) is 2. The molecule has 6 nitrogen and oxygen atoms in total. The van der Waals surface area contributed by atoms with Gasteiger partial charge in [0.1, 0.15) is 5.65 Å². The summed E-state index contributed by atoms with van der Waals surface area (Å²) in [6.07, 6.45) is 3.63. The van der Waals surface area contributed by atoms with Gasteiger partial charge in [-0.3, -0.25) is 4.40 Å². The first-order valence-electron chi connectivity index (χ1n) is 6.62. The molecule has 0 aliphatic carbocycles. The lowest BCUT2D eigenvalue weighted by Gasteiger charge is -2.36. The summed E-state index contributed by atoms with van der Waals surface area (Å²) in [7, 11) is 0. The second-order valence-corrected chi connectivity index (χ2v) is 5.24. The van der Waals surface area contributed by atoms with Gasteiger partial charge < -0.3 is 15.3 Å². The molecule has 1 aliphatic heterocycles. The number of anilines is 1. The zero-order valence-electron chi connectivity index (χ0n) is 11.2. The third-order valence-electron chi connectivity index (χ3n) is 3.41. The van der Waals surface area contributed by atoms with Gasteiger partial charge >= 0.3 is 0 Å². The highest BCUT2D eigenvalue weighted by Gasteiger charge is 2.23. The molecular formula is C13H19N5O. The molecule has 0 spiro atoms. The van der Waals surface area contributed by atoms with Crippen LogP contribution in [0.5, 0.6) is 0 Å². The van der Waals surface area contributed by atoms with Crippen molar-refractivity contribution in [3.05, 3.63) is 24.2 Å². The number of piperazine rings is 1. The van der Waals surface area contributed by atoms with E-state index in [1.807, 2.05) is 16.7 Å². The minimum absolute atomic E-state index is 0.0461. The quantitative estimate of drug-likeness (QED) is 0.819. The molecule has 19 heavy (non-hydrogen) atoms. The Balaban J connectivity index is 2.01. The van der Waals surface area contributed by atoms with Crippen molar-refractivity contribution < 1.29 is 5.11 Å². The van der Waals surface area contributed by atoms with E-state index >= 15 is 0 Å². The third kappa shape index (κ3) is 2.29. The summed E-state index contributed by atoms with van der Waals surface area (Å²) < 4.78 is 1.95. The maximum Gasteiger partial charge on any atom is 0.211 e. The highest BCUT2D eigenvalue weighted by molar-refractivity contribution is 5.48. The van der Waals surface area contributed by atoms with Crippen molar-refractivity contribution >= 4 is 11.6 Å². The number of fused-ring (bicyclic) bond motifs is 1. The molecule has 0 bridgehead atoms. The first-order valence-corrected chi connectivity index (χ1v) is 6.62. The van der Waals surface area contributed by atoms with Crippen LogP contribution in [-0.2, 0) is 6.61 Å². The van der Waals surface area contributed by atoms with E-state index in [1.54, 1.807) is 6.20 Å². The molecule has 1 saturated heterocycles. The normalized spacial score (nSPS) is 24.1. The lowest BCUT2D eigenvalue weighted by atomic mass is 10.1. The van der Waals surface area contributed by atoms with Gasteiger partial charge in [-0.2, -0.15) is 0 Å². The number of hydrogen-bond acceptors (Lipinski definition) is 5. The fourth-order valence-corrected chi connectivity index (χ4v) is 2.76. The zero-order chi connectivity index (χ0) is 13.4. The molecule has 2 N–H and O–H groups in total. The molecule has 1 aliphatic rings. The molecule has 3 heterocycles. The van der Waals surface area contributed by atoms with Gasteiger partial charge in [0.15, 0.2) is 0 Å². The molecule has 2 aromatic heterocycles. The monoisotopic (exact) mass is 261 g/mol. The summed E-state index contributed by atoms with van der Waals surface area (Å²) >= 11 is 0. The Bertz CT molecular complexity index is 571. The van der Waals surface area contributed by atoms with E-state index in [9.17, 15) is 5.11 Å². The second kappa shape index (κ2) is 4.79. The molecule has 0 radical (unpaired) electrons. The van der Waals surface area contributed by atoms with Crippen LogP contribution < -0.4 is 10.2 Å². The third-order valence-corrected chi connectivity index (χ3v) is 3.41. The number of nitrogens with one attached hydrogen (secondary N) is 1. The predicted octanol–water partition coefficient (Wildman–Crippen LogP) is 0.408. The molecule has 3 rings (SSSR count). The van der Waals surface area contributed by atoms with Crippen LogP contribution in [-0.4, -0.2) is 44.6 Å². The number of aromatic nitrogens is 3. The topological polar surface area (TPSA) is 65.7 Å². The van der Waals surface area contributed by atoms with Crippen molar-refractivity contribution in [1.82, 2.24) is 19.7 Å². The fourth-order valence-electron chi connectivity index (χ4n) is 2.76. The van der Waals surface area contributed by atoms with Crippen molar-refractivity contribution in [1.29, 1.82) is 0 Å². The van der Waals surface area contributed by atoms with E-state index in [2.05, 4.69) is 34.0 Å². The summed E-state index contributed by atoms with van der Waals surface area (Å²) in [5.74, 6) is 0.893. The van der Waals surface area contributed by atoms with Crippen molar-refractivity contribution in [2.45, 2.75) is 32.5 Å². The fraction of sp³-hybridized carbons (Fsp3) is 0.538. The van der Waals surface area contributed by atoms with Crippen molar-refractivity contribution in [2.75, 3.05) is 18.0 Å². The summed E-state index contributed by atoms with van der Waals surface area (Å²) in [6, 6.07) is 2.72. The zero-order valence-corrected chi connectivity index (χ0v) is 11.2. The van der Waals surface area contributed by atoms with Crippen LogP contribution in [0.15, 0.2) is 18.5 Å².